The van der Waals surface area contributed by atoms with Crippen molar-refractivity contribution in [1.29, 1.82) is 0 Å². The number of carbonyl (C=O) groups excluding carboxylic acids is 4. The molecular weight excluding hydrogens is 811 g/mol. The molecular formula is C46H61N7O8S. The highest BCUT2D eigenvalue weighted by atomic mass is 32.1. The Morgan fingerprint density at radius 3 is 2.39 bits per heavy atom. The minimum atomic E-state index is -1.39. The van der Waals surface area contributed by atoms with E-state index in [4.69, 9.17) is 19.4 Å². The molecule has 5 N–H and O–H groups in total. The fraction of sp³-hybridized carbons (Fsp3) is 0.630. The van der Waals surface area contributed by atoms with Gasteiger partial charge in [-0.15, -0.1) is 11.3 Å². The molecule has 2 unspecified atom stereocenters. The lowest BCUT2D eigenvalue weighted by Gasteiger charge is -2.32. The summed E-state index contributed by atoms with van der Waals surface area (Å²) in [5.74, 6) is -1.08. The average Bonchev–Trinajstić information content (AvgIpc) is 4.14. The molecule has 8 rings (SSSR count). The van der Waals surface area contributed by atoms with Crippen LogP contribution in [-0.4, -0.2) is 99.0 Å². The van der Waals surface area contributed by atoms with Gasteiger partial charge in [0.05, 0.1) is 30.9 Å². The number of pyridine rings is 1. The summed E-state index contributed by atoms with van der Waals surface area (Å²) in [6.07, 6.45) is 11.5. The van der Waals surface area contributed by atoms with Crippen LogP contribution in [0, 0.1) is 17.8 Å². The Morgan fingerprint density at radius 1 is 0.935 bits per heavy atom. The largest absolute Gasteiger partial charge is 0.497 e. The first-order valence-electron chi connectivity index (χ1n) is 22.8. The summed E-state index contributed by atoms with van der Waals surface area (Å²) in [4.78, 5) is 80.7. The standard InChI is InChI=1S/C46H61N7O8S/c1-26(2)47-45-50-36(25-62-45)35-22-38(32-19-18-30(60-3)20-34(32)48-35)61-31-21-37-41(55)52-46(43(57)58)23-29(46)14-10-5-4-6-11-15-33(42(56)53(37)24-31)49-44(59)51-39(40(54)28-16-17-28)27-12-8-7-9-13-27/h18-20,22,25-29,31,33,37,39H,4-17,21,23-24H2,1-3H3,(H,47,50)(H,52,55)(H,57,58)(H2,49,51,59)/t29?,31-,33+,37+,39?,46-/m1/s1. The molecule has 2 aromatic heterocycles. The maximum Gasteiger partial charge on any atom is 0.329 e. The van der Waals surface area contributed by atoms with Crippen LogP contribution in [-0.2, 0) is 19.2 Å². The van der Waals surface area contributed by atoms with Gasteiger partial charge in [-0.25, -0.2) is 19.6 Å². The van der Waals surface area contributed by atoms with Gasteiger partial charge < -0.3 is 40.7 Å². The zero-order chi connectivity index (χ0) is 43.5. The molecule has 62 heavy (non-hydrogen) atoms. The molecule has 3 saturated carbocycles. The molecule has 3 aromatic rings. The van der Waals surface area contributed by atoms with Gasteiger partial charge in [-0.3, -0.25) is 14.4 Å². The third kappa shape index (κ3) is 9.79. The molecule has 0 radical (unpaired) electrons. The number of thiazole rings is 1. The van der Waals surface area contributed by atoms with Crippen LogP contribution in [0.25, 0.3) is 22.3 Å². The van der Waals surface area contributed by atoms with Gasteiger partial charge in [-0.2, -0.15) is 0 Å². The number of aromatic nitrogens is 2. The number of carbonyl (C=O) groups is 5. The fourth-order valence-electron chi connectivity index (χ4n) is 9.82. The number of anilines is 1. The first kappa shape index (κ1) is 43.7. The fourth-order valence-corrected chi connectivity index (χ4v) is 10.7. The number of hydrogen-bond acceptors (Lipinski definition) is 11. The Balaban J connectivity index is 1.09. The molecule has 2 saturated heterocycles. The number of hydrogen-bond donors (Lipinski definition) is 5. The smallest absolute Gasteiger partial charge is 0.329 e. The van der Waals surface area contributed by atoms with Crippen molar-refractivity contribution in [1.82, 2.24) is 30.8 Å². The number of nitrogens with zero attached hydrogens (tertiary/aromatic N) is 3. The number of benzene rings is 1. The number of nitrogens with one attached hydrogen (secondary N) is 4. The molecule has 15 nitrogen and oxygen atoms in total. The number of ether oxygens (including phenoxy) is 2. The van der Waals surface area contributed by atoms with E-state index in [2.05, 4.69) is 21.3 Å². The number of amides is 4. The van der Waals surface area contributed by atoms with E-state index in [0.717, 1.165) is 75.8 Å². The molecule has 16 heteroatoms. The van der Waals surface area contributed by atoms with E-state index in [-0.39, 0.29) is 42.5 Å². The quantitative estimate of drug-likeness (QED) is 0.128. The van der Waals surface area contributed by atoms with Crippen LogP contribution in [0.4, 0.5) is 9.93 Å². The second kappa shape index (κ2) is 18.8. The molecule has 0 spiro atoms. The van der Waals surface area contributed by atoms with E-state index < -0.39 is 53.6 Å². The highest BCUT2D eigenvalue weighted by Gasteiger charge is 2.62. The maximum absolute atomic E-state index is 14.9. The summed E-state index contributed by atoms with van der Waals surface area (Å²) < 4.78 is 12.3. The van der Waals surface area contributed by atoms with Crippen LogP contribution in [0.2, 0.25) is 0 Å². The van der Waals surface area contributed by atoms with Crippen molar-refractivity contribution in [2.45, 2.75) is 152 Å². The zero-order valence-electron chi connectivity index (χ0n) is 36.1. The Labute approximate surface area is 366 Å². The molecule has 5 aliphatic rings. The van der Waals surface area contributed by atoms with E-state index in [1.807, 2.05) is 43.5 Å². The lowest BCUT2D eigenvalue weighted by atomic mass is 9.81. The maximum atomic E-state index is 14.9. The second-order valence-electron chi connectivity index (χ2n) is 18.4. The predicted molar refractivity (Wildman–Crippen MR) is 235 cm³/mol. The third-order valence-corrected chi connectivity index (χ3v) is 14.2. The average molecular weight is 872 g/mol. The highest BCUT2D eigenvalue weighted by molar-refractivity contribution is 7.14. The first-order chi connectivity index (χ1) is 29.9. The van der Waals surface area contributed by atoms with Crippen molar-refractivity contribution < 1.29 is 38.6 Å². The molecule has 4 amide bonds. The van der Waals surface area contributed by atoms with Crippen LogP contribution in [0.1, 0.15) is 117 Å². The normalized spacial score (nSPS) is 26.6. The van der Waals surface area contributed by atoms with Gasteiger partial charge in [0.15, 0.2) is 10.9 Å². The number of carboxylic acid groups (broad SMARTS) is 1. The third-order valence-electron chi connectivity index (χ3n) is 13.5. The monoisotopic (exact) mass is 871 g/mol. The van der Waals surface area contributed by atoms with E-state index >= 15 is 0 Å². The summed E-state index contributed by atoms with van der Waals surface area (Å²) in [6, 6.07) is 4.27. The number of methoxy groups -OCH3 is 1. The molecule has 0 bridgehead atoms. The minimum absolute atomic E-state index is 0.0134. The molecule has 1 aromatic carbocycles. The van der Waals surface area contributed by atoms with Gasteiger partial charge in [0.1, 0.15) is 40.9 Å². The number of urea groups is 1. The summed E-state index contributed by atoms with van der Waals surface area (Å²) in [6.45, 7) is 4.09. The summed E-state index contributed by atoms with van der Waals surface area (Å²) in [5.41, 5.74) is 0.434. The van der Waals surface area contributed by atoms with Crippen LogP contribution in [0.3, 0.4) is 0 Å². The van der Waals surface area contributed by atoms with Crippen LogP contribution >= 0.6 is 11.3 Å². The van der Waals surface area contributed by atoms with E-state index in [0.29, 0.717) is 59.5 Å². The molecule has 5 fully saturated rings. The van der Waals surface area contributed by atoms with Gasteiger partial charge in [0.2, 0.25) is 11.8 Å². The van der Waals surface area contributed by atoms with Gasteiger partial charge in [0.25, 0.3) is 0 Å². The van der Waals surface area contributed by atoms with E-state index in [1.165, 1.54) is 16.2 Å². The lowest BCUT2D eigenvalue weighted by Crippen LogP contribution is -2.58. The van der Waals surface area contributed by atoms with Crippen LogP contribution in [0.5, 0.6) is 11.5 Å². The zero-order valence-corrected chi connectivity index (χ0v) is 36.9. The molecule has 6 atom stereocenters. The molecule has 3 aliphatic carbocycles. The number of fused-ring (bicyclic) bond motifs is 3. The minimum Gasteiger partial charge on any atom is -0.497 e. The SMILES string of the molecule is COc1ccc2c(O[C@@H]3C[C@H]4C(=O)N[C@]5(C(=O)O)CC5CCCCCCC[C@H](NC(=O)NC(C(=O)C5CC5)C5CCCCC5)C(=O)N4C3)cc(-c3csc(NC(C)C)n3)nc2c1. The van der Waals surface area contributed by atoms with Crippen molar-refractivity contribution in [3.63, 3.8) is 0 Å². The number of Topliss-reactive ketones (excluding diaryl/α,β-unsaturated/α-hetero) is 1. The molecule has 4 heterocycles. The van der Waals surface area contributed by atoms with Gasteiger partial charge >= 0.3 is 12.0 Å². The van der Waals surface area contributed by atoms with Gasteiger partial charge in [0, 0.05) is 41.3 Å². The predicted octanol–water partition coefficient (Wildman–Crippen LogP) is 6.84. The Morgan fingerprint density at radius 2 is 1.66 bits per heavy atom. The van der Waals surface area contributed by atoms with Crippen molar-refractivity contribution in [2.75, 3.05) is 19.0 Å². The van der Waals surface area contributed by atoms with Crippen molar-refractivity contribution in [3.05, 3.63) is 29.6 Å². The molecule has 2 aliphatic heterocycles. The summed E-state index contributed by atoms with van der Waals surface area (Å²) in [7, 11) is 1.58. The van der Waals surface area contributed by atoms with E-state index in [1.54, 1.807) is 7.11 Å². The van der Waals surface area contributed by atoms with Gasteiger partial charge in [-0.1, -0.05) is 51.4 Å². The Bertz CT molecular complexity index is 2150. The van der Waals surface area contributed by atoms with Crippen LogP contribution in [0.15, 0.2) is 29.6 Å². The number of aliphatic carboxylic acids is 1. The lowest BCUT2D eigenvalue weighted by molar-refractivity contribution is -0.145. The molecule has 334 valence electrons. The van der Waals surface area contributed by atoms with Crippen LogP contribution < -0.4 is 30.7 Å². The van der Waals surface area contributed by atoms with Crippen molar-refractivity contribution in [3.8, 4) is 22.9 Å². The summed E-state index contributed by atoms with van der Waals surface area (Å²) in [5, 5.41) is 26.0. The van der Waals surface area contributed by atoms with Crippen molar-refractivity contribution >= 4 is 57.0 Å². The summed E-state index contributed by atoms with van der Waals surface area (Å²) >= 11 is 1.47. The van der Waals surface area contributed by atoms with Gasteiger partial charge in [-0.05, 0) is 82.8 Å². The Kier molecular flexibility index (Phi) is 13.2. The number of ketones is 1. The van der Waals surface area contributed by atoms with E-state index in [9.17, 15) is 29.1 Å². The first-order valence-corrected chi connectivity index (χ1v) is 23.6. The number of carboxylic acids is 1. The Hall–Kier alpha value is -4.99. The second-order valence-corrected chi connectivity index (χ2v) is 19.3. The topological polar surface area (TPSA) is 201 Å². The number of rotatable bonds is 12. The van der Waals surface area contributed by atoms with Crippen molar-refractivity contribution in [2.24, 2.45) is 17.8 Å². The highest BCUT2D eigenvalue weighted by Crippen LogP contribution is 2.48.